The summed E-state index contributed by atoms with van der Waals surface area (Å²) in [5.41, 5.74) is 0.332. The number of rotatable bonds is 17. The van der Waals surface area contributed by atoms with Gasteiger partial charge in [0.1, 0.15) is 24.7 Å². The number of esters is 1. The first-order chi connectivity index (χ1) is 18.7. The fraction of sp³-hybridized carbons (Fsp3) is 0.559. The van der Waals surface area contributed by atoms with Crippen molar-refractivity contribution in [2.24, 2.45) is 0 Å². The molecule has 0 radical (unpaired) electrons. The summed E-state index contributed by atoms with van der Waals surface area (Å²) in [6.07, 6.45) is 16.8. The van der Waals surface area contributed by atoms with E-state index in [1.165, 1.54) is 71.3 Å². The van der Waals surface area contributed by atoms with E-state index in [9.17, 15) is 4.79 Å². The van der Waals surface area contributed by atoms with E-state index in [0.717, 1.165) is 25.7 Å². The maximum atomic E-state index is 12.0. The van der Waals surface area contributed by atoms with Crippen molar-refractivity contribution in [2.75, 3.05) is 20.3 Å². The average molecular weight is 517 g/mol. The summed E-state index contributed by atoms with van der Waals surface area (Å²) in [4.78, 5) is 12.0. The number of ether oxygens (including phenoxy) is 3. The first-order valence-electron chi connectivity index (χ1n) is 14.1. The Kier molecular flexibility index (Phi) is 20.5. The van der Waals surface area contributed by atoms with E-state index in [1.807, 2.05) is 0 Å². The van der Waals surface area contributed by atoms with E-state index in [1.54, 1.807) is 18.2 Å². The molecule has 0 aromatic heterocycles. The summed E-state index contributed by atoms with van der Waals surface area (Å²) < 4.78 is 16.2. The van der Waals surface area contributed by atoms with Gasteiger partial charge in [-0.15, -0.1) is 0 Å². The number of methoxy groups -OCH3 is 1. The van der Waals surface area contributed by atoms with E-state index < -0.39 is 5.97 Å². The highest BCUT2D eigenvalue weighted by molar-refractivity contribution is 5.90. The Morgan fingerprint density at radius 1 is 0.605 bits per heavy atom. The van der Waals surface area contributed by atoms with Gasteiger partial charge in [0.05, 0.1) is 12.7 Å². The number of carbonyl (C=O) groups excluding carboxylic acids is 1. The van der Waals surface area contributed by atoms with E-state index >= 15 is 0 Å². The molecule has 0 aliphatic carbocycles. The second-order valence-corrected chi connectivity index (χ2v) is 9.00. The molecule has 0 fully saturated rings. The molecule has 204 valence electrons. The molecule has 0 saturated carbocycles. The Morgan fingerprint density at radius 3 is 1.47 bits per heavy atom. The fourth-order valence-corrected chi connectivity index (χ4v) is 3.57. The Hall–Kier alpha value is -3.47. The summed E-state index contributed by atoms with van der Waals surface area (Å²) in [7, 11) is 1.33. The monoisotopic (exact) mass is 516 g/mol. The minimum Gasteiger partial charge on any atom is -0.481 e. The van der Waals surface area contributed by atoms with Gasteiger partial charge in [-0.25, -0.2) is 4.79 Å². The van der Waals surface area contributed by atoms with Crippen LogP contribution in [0.2, 0.25) is 0 Å². The second-order valence-electron chi connectivity index (χ2n) is 9.00. The Balaban J connectivity index is 2.47. The molecule has 0 spiro atoms. The van der Waals surface area contributed by atoms with Crippen LogP contribution >= 0.6 is 0 Å². The van der Waals surface area contributed by atoms with E-state index in [0.29, 0.717) is 17.1 Å². The zero-order valence-corrected chi connectivity index (χ0v) is 23.7. The number of unbranched alkanes of at least 4 members (excludes halogenated alkanes) is 12. The van der Waals surface area contributed by atoms with Crippen molar-refractivity contribution in [3.05, 3.63) is 23.8 Å². The third-order valence-corrected chi connectivity index (χ3v) is 5.71. The molecule has 0 N–H and O–H groups in total. The van der Waals surface area contributed by atoms with Gasteiger partial charge in [0, 0.05) is 18.9 Å². The first kappa shape index (κ1) is 32.6. The van der Waals surface area contributed by atoms with Crippen LogP contribution in [0.25, 0.3) is 0 Å². The SMILES string of the molecule is CCCCCCCCC#CC#CCOc1cc(OCC#CC#CCCCCCCCC)cc(C(=O)OC)c1. The maximum Gasteiger partial charge on any atom is 0.338 e. The molecule has 0 heterocycles. The third-order valence-electron chi connectivity index (χ3n) is 5.71. The van der Waals surface area contributed by atoms with Gasteiger partial charge in [0.2, 0.25) is 0 Å². The normalized spacial score (nSPS) is 9.34. The zero-order chi connectivity index (χ0) is 27.5. The molecule has 0 atom stereocenters. The summed E-state index contributed by atoms with van der Waals surface area (Å²) in [6.45, 7) is 4.76. The molecule has 4 nitrogen and oxygen atoms in total. The van der Waals surface area contributed by atoms with Crippen LogP contribution in [0.4, 0.5) is 0 Å². The lowest BCUT2D eigenvalue weighted by molar-refractivity contribution is 0.0599. The van der Waals surface area contributed by atoms with Crippen LogP contribution in [0.15, 0.2) is 18.2 Å². The average Bonchev–Trinajstić information content (AvgIpc) is 2.93. The lowest BCUT2D eigenvalue weighted by Crippen LogP contribution is -2.04. The molecular weight excluding hydrogens is 472 g/mol. The Bertz CT molecular complexity index is 967. The summed E-state index contributed by atoms with van der Waals surface area (Å²) in [6, 6.07) is 4.90. The molecule has 1 aromatic carbocycles. The highest BCUT2D eigenvalue weighted by Gasteiger charge is 2.10. The van der Waals surface area contributed by atoms with Gasteiger partial charge in [0.15, 0.2) is 0 Å². The van der Waals surface area contributed by atoms with Crippen molar-refractivity contribution in [2.45, 2.75) is 104 Å². The smallest absolute Gasteiger partial charge is 0.338 e. The van der Waals surface area contributed by atoms with Crippen molar-refractivity contribution in [1.82, 2.24) is 0 Å². The lowest BCUT2D eigenvalue weighted by atomic mass is 10.1. The number of carbonyl (C=O) groups is 1. The van der Waals surface area contributed by atoms with Crippen molar-refractivity contribution in [1.29, 1.82) is 0 Å². The van der Waals surface area contributed by atoms with Gasteiger partial charge in [-0.05, 0) is 60.5 Å². The van der Waals surface area contributed by atoms with E-state index in [2.05, 4.69) is 61.2 Å². The van der Waals surface area contributed by atoms with Crippen LogP contribution in [0.5, 0.6) is 11.5 Å². The molecule has 0 aliphatic rings. The van der Waals surface area contributed by atoms with Crippen LogP contribution in [-0.4, -0.2) is 26.3 Å². The predicted molar refractivity (Wildman–Crippen MR) is 156 cm³/mol. The van der Waals surface area contributed by atoms with Gasteiger partial charge in [-0.1, -0.05) is 89.9 Å². The largest absolute Gasteiger partial charge is 0.481 e. The van der Waals surface area contributed by atoms with Crippen molar-refractivity contribution < 1.29 is 19.0 Å². The first-order valence-corrected chi connectivity index (χ1v) is 14.1. The quantitative estimate of drug-likeness (QED) is 0.121. The Labute approximate surface area is 231 Å². The topological polar surface area (TPSA) is 44.8 Å². The fourth-order valence-electron chi connectivity index (χ4n) is 3.57. The van der Waals surface area contributed by atoms with Gasteiger partial charge in [-0.3, -0.25) is 0 Å². The van der Waals surface area contributed by atoms with Gasteiger partial charge < -0.3 is 14.2 Å². The summed E-state index contributed by atoms with van der Waals surface area (Å²) in [5, 5.41) is 0. The van der Waals surface area contributed by atoms with Crippen molar-refractivity contribution >= 4 is 5.97 Å². The number of hydrogen-bond acceptors (Lipinski definition) is 4. The van der Waals surface area contributed by atoms with Crippen molar-refractivity contribution in [3.8, 4) is 58.9 Å². The number of hydrogen-bond donors (Lipinski definition) is 0. The molecule has 0 saturated heterocycles. The molecule has 0 amide bonds. The molecule has 4 heteroatoms. The predicted octanol–water partition coefficient (Wildman–Crippen LogP) is 7.75. The molecular formula is C34H44O4. The maximum absolute atomic E-state index is 12.0. The van der Waals surface area contributed by atoms with Gasteiger partial charge in [0.25, 0.3) is 0 Å². The minimum absolute atomic E-state index is 0.157. The number of benzene rings is 1. The lowest BCUT2D eigenvalue weighted by Gasteiger charge is -2.09. The third kappa shape index (κ3) is 17.9. The molecule has 38 heavy (non-hydrogen) atoms. The second kappa shape index (κ2) is 23.9. The summed E-state index contributed by atoms with van der Waals surface area (Å²) >= 11 is 0. The molecule has 1 aromatic rings. The van der Waals surface area contributed by atoms with Crippen LogP contribution in [0.3, 0.4) is 0 Å². The highest BCUT2D eigenvalue weighted by Crippen LogP contribution is 2.23. The minimum atomic E-state index is -0.474. The molecule has 1 rings (SSSR count). The van der Waals surface area contributed by atoms with E-state index in [-0.39, 0.29) is 13.2 Å². The van der Waals surface area contributed by atoms with Crippen LogP contribution in [-0.2, 0) is 4.74 Å². The van der Waals surface area contributed by atoms with Gasteiger partial charge in [-0.2, -0.15) is 0 Å². The van der Waals surface area contributed by atoms with Crippen LogP contribution in [0.1, 0.15) is 114 Å². The molecule has 0 aliphatic heterocycles. The van der Waals surface area contributed by atoms with Gasteiger partial charge >= 0.3 is 5.97 Å². The Morgan fingerprint density at radius 2 is 1.03 bits per heavy atom. The zero-order valence-electron chi connectivity index (χ0n) is 23.7. The molecule has 0 bridgehead atoms. The highest BCUT2D eigenvalue weighted by atomic mass is 16.5. The van der Waals surface area contributed by atoms with Crippen molar-refractivity contribution in [3.63, 3.8) is 0 Å². The molecule has 0 unspecified atom stereocenters. The van der Waals surface area contributed by atoms with E-state index in [4.69, 9.17) is 14.2 Å². The standard InChI is InChI=1S/C34H44O4/c1-4-6-8-10-12-14-16-18-20-22-24-26-37-32-28-31(34(35)36-3)29-33(30-32)38-27-25-23-21-19-17-15-13-11-9-7-5-2/h28-30H,4-17,26-27H2,1-3H3. The summed E-state index contributed by atoms with van der Waals surface area (Å²) in [5.74, 6) is 23.8. The van der Waals surface area contributed by atoms with Crippen LogP contribution < -0.4 is 9.47 Å². The van der Waals surface area contributed by atoms with Crippen LogP contribution in [0, 0.1) is 47.4 Å².